The lowest BCUT2D eigenvalue weighted by molar-refractivity contribution is 0.793. The molecule has 0 atom stereocenters. The third-order valence-electron chi connectivity index (χ3n) is 3.59. The molecule has 1 nitrogen and oxygen atoms in total. The van der Waals surface area contributed by atoms with E-state index in [0.717, 1.165) is 13.0 Å². The van der Waals surface area contributed by atoms with Gasteiger partial charge in [0.2, 0.25) is 0 Å². The lowest BCUT2D eigenvalue weighted by Crippen LogP contribution is -2.02. The number of hydrogen-bond acceptors (Lipinski definition) is 1. The average molecular weight is 267 g/mol. The SMILES string of the molecule is CCCCc1ccc(CCCNc2ccccc2)cc1. The van der Waals surface area contributed by atoms with Crippen LogP contribution in [0.5, 0.6) is 0 Å². The van der Waals surface area contributed by atoms with Crippen molar-refractivity contribution in [3.63, 3.8) is 0 Å². The van der Waals surface area contributed by atoms with Crippen LogP contribution in [0.25, 0.3) is 0 Å². The van der Waals surface area contributed by atoms with Crippen LogP contribution in [0.2, 0.25) is 0 Å². The first-order valence-electron chi connectivity index (χ1n) is 7.75. The van der Waals surface area contributed by atoms with Crippen molar-refractivity contribution in [3.05, 3.63) is 65.7 Å². The summed E-state index contributed by atoms with van der Waals surface area (Å²) < 4.78 is 0. The zero-order valence-electron chi connectivity index (χ0n) is 12.4. The molecule has 2 aromatic rings. The molecule has 0 radical (unpaired) electrons. The molecule has 0 aliphatic carbocycles. The van der Waals surface area contributed by atoms with Crippen LogP contribution in [-0.4, -0.2) is 6.54 Å². The minimum absolute atomic E-state index is 1.03. The number of para-hydroxylation sites is 1. The van der Waals surface area contributed by atoms with Crippen molar-refractivity contribution < 1.29 is 0 Å². The summed E-state index contributed by atoms with van der Waals surface area (Å²) in [5, 5.41) is 3.45. The van der Waals surface area contributed by atoms with Gasteiger partial charge in [0.15, 0.2) is 0 Å². The number of aryl methyl sites for hydroxylation is 2. The molecule has 0 heterocycles. The molecule has 0 amide bonds. The number of anilines is 1. The first-order chi connectivity index (χ1) is 9.88. The van der Waals surface area contributed by atoms with Gasteiger partial charge >= 0.3 is 0 Å². The molecule has 0 aliphatic heterocycles. The summed E-state index contributed by atoms with van der Waals surface area (Å²) in [6, 6.07) is 19.6. The predicted molar refractivity (Wildman–Crippen MR) is 88.3 cm³/mol. The summed E-state index contributed by atoms with van der Waals surface area (Å²) >= 11 is 0. The molecule has 1 N–H and O–H groups in total. The van der Waals surface area contributed by atoms with Crippen molar-refractivity contribution in [1.82, 2.24) is 0 Å². The van der Waals surface area contributed by atoms with Crippen LogP contribution in [0, 0.1) is 0 Å². The molecule has 0 aliphatic rings. The average Bonchev–Trinajstić information content (AvgIpc) is 2.52. The molecule has 0 saturated heterocycles. The Labute approximate surface area is 123 Å². The van der Waals surface area contributed by atoms with Crippen molar-refractivity contribution in [2.45, 2.75) is 39.0 Å². The molecule has 2 rings (SSSR count). The Hall–Kier alpha value is -1.76. The Kier molecular flexibility index (Phi) is 6.16. The third-order valence-corrected chi connectivity index (χ3v) is 3.59. The highest BCUT2D eigenvalue weighted by Crippen LogP contribution is 2.10. The fourth-order valence-corrected chi connectivity index (χ4v) is 2.33. The van der Waals surface area contributed by atoms with E-state index < -0.39 is 0 Å². The second kappa shape index (κ2) is 8.42. The van der Waals surface area contributed by atoms with E-state index in [2.05, 4.69) is 60.8 Å². The van der Waals surface area contributed by atoms with Gasteiger partial charge in [-0.3, -0.25) is 0 Å². The lowest BCUT2D eigenvalue weighted by Gasteiger charge is -2.07. The molecule has 0 fully saturated rings. The van der Waals surface area contributed by atoms with Gasteiger partial charge in [-0.1, -0.05) is 55.8 Å². The number of benzene rings is 2. The first-order valence-corrected chi connectivity index (χ1v) is 7.75. The fourth-order valence-electron chi connectivity index (χ4n) is 2.33. The number of nitrogens with one attached hydrogen (secondary N) is 1. The smallest absolute Gasteiger partial charge is 0.0340 e. The molecule has 0 saturated carbocycles. The summed E-state index contributed by atoms with van der Waals surface area (Å²) in [6.45, 7) is 3.27. The molecule has 20 heavy (non-hydrogen) atoms. The van der Waals surface area contributed by atoms with Gasteiger partial charge in [0.1, 0.15) is 0 Å². The standard InChI is InChI=1S/C19H25N/c1-2-3-8-17-12-14-18(15-13-17)9-7-16-20-19-10-5-4-6-11-19/h4-6,10-15,20H,2-3,7-9,16H2,1H3. The lowest BCUT2D eigenvalue weighted by atomic mass is 10.0. The molecule has 0 bridgehead atoms. The Morgan fingerprint density at radius 1 is 0.750 bits per heavy atom. The third kappa shape index (κ3) is 5.08. The largest absolute Gasteiger partial charge is 0.385 e. The summed E-state index contributed by atoms with van der Waals surface area (Å²) in [7, 11) is 0. The molecule has 0 aromatic heterocycles. The van der Waals surface area contributed by atoms with Crippen LogP contribution in [-0.2, 0) is 12.8 Å². The Morgan fingerprint density at radius 3 is 1.95 bits per heavy atom. The maximum Gasteiger partial charge on any atom is 0.0340 e. The Bertz CT molecular complexity index is 473. The summed E-state index contributed by atoms with van der Waals surface area (Å²) in [4.78, 5) is 0. The van der Waals surface area contributed by atoms with E-state index in [1.54, 1.807) is 0 Å². The van der Waals surface area contributed by atoms with Gasteiger partial charge in [-0.2, -0.15) is 0 Å². The van der Waals surface area contributed by atoms with E-state index in [4.69, 9.17) is 0 Å². The van der Waals surface area contributed by atoms with Crippen LogP contribution in [0.15, 0.2) is 54.6 Å². The van der Waals surface area contributed by atoms with Crippen molar-refractivity contribution in [3.8, 4) is 0 Å². The molecule has 1 heteroatoms. The van der Waals surface area contributed by atoms with Crippen molar-refractivity contribution >= 4 is 5.69 Å². The number of hydrogen-bond donors (Lipinski definition) is 1. The number of rotatable bonds is 8. The van der Waals surface area contributed by atoms with Crippen molar-refractivity contribution in [2.75, 3.05) is 11.9 Å². The van der Waals surface area contributed by atoms with Gasteiger partial charge in [-0.25, -0.2) is 0 Å². The topological polar surface area (TPSA) is 12.0 Å². The molecule has 2 aromatic carbocycles. The van der Waals surface area contributed by atoms with Gasteiger partial charge in [0, 0.05) is 12.2 Å². The zero-order chi connectivity index (χ0) is 14.0. The van der Waals surface area contributed by atoms with Gasteiger partial charge < -0.3 is 5.32 Å². The second-order valence-corrected chi connectivity index (χ2v) is 5.32. The van der Waals surface area contributed by atoms with E-state index in [-0.39, 0.29) is 0 Å². The van der Waals surface area contributed by atoms with Crippen molar-refractivity contribution in [2.24, 2.45) is 0 Å². The maximum absolute atomic E-state index is 3.45. The summed E-state index contributed by atoms with van der Waals surface area (Å²) in [6.07, 6.45) is 6.09. The van der Waals surface area contributed by atoms with Gasteiger partial charge in [0.25, 0.3) is 0 Å². The van der Waals surface area contributed by atoms with Gasteiger partial charge in [0.05, 0.1) is 0 Å². The molecule has 106 valence electrons. The summed E-state index contributed by atoms with van der Waals surface area (Å²) in [5.41, 5.74) is 4.13. The van der Waals surface area contributed by atoms with Crippen LogP contribution in [0.4, 0.5) is 5.69 Å². The molecule has 0 spiro atoms. The highest BCUT2D eigenvalue weighted by atomic mass is 14.9. The number of unbranched alkanes of at least 4 members (excludes halogenated alkanes) is 1. The Balaban J connectivity index is 1.69. The van der Waals surface area contributed by atoms with Crippen molar-refractivity contribution in [1.29, 1.82) is 0 Å². The first kappa shape index (κ1) is 14.6. The van der Waals surface area contributed by atoms with Crippen LogP contribution in [0.3, 0.4) is 0 Å². The molecular formula is C19H25N. The maximum atomic E-state index is 3.45. The highest BCUT2D eigenvalue weighted by Gasteiger charge is 1.96. The molecular weight excluding hydrogens is 242 g/mol. The van der Waals surface area contributed by atoms with E-state index >= 15 is 0 Å². The molecule has 0 unspecified atom stereocenters. The highest BCUT2D eigenvalue weighted by molar-refractivity contribution is 5.42. The Morgan fingerprint density at radius 2 is 1.35 bits per heavy atom. The van der Waals surface area contributed by atoms with E-state index in [1.165, 1.54) is 42.5 Å². The quantitative estimate of drug-likeness (QED) is 0.658. The normalized spacial score (nSPS) is 10.4. The second-order valence-electron chi connectivity index (χ2n) is 5.32. The minimum Gasteiger partial charge on any atom is -0.385 e. The summed E-state index contributed by atoms with van der Waals surface area (Å²) in [5.74, 6) is 0. The zero-order valence-corrected chi connectivity index (χ0v) is 12.4. The minimum atomic E-state index is 1.03. The van der Waals surface area contributed by atoms with Crippen LogP contribution >= 0.6 is 0 Å². The predicted octanol–water partition coefficient (Wildman–Crippen LogP) is 5.07. The van der Waals surface area contributed by atoms with Crippen LogP contribution < -0.4 is 5.32 Å². The van der Waals surface area contributed by atoms with Gasteiger partial charge in [-0.05, 0) is 48.9 Å². The van der Waals surface area contributed by atoms with E-state index in [0.29, 0.717) is 0 Å². The monoisotopic (exact) mass is 267 g/mol. The fraction of sp³-hybridized carbons (Fsp3) is 0.368. The van der Waals surface area contributed by atoms with Gasteiger partial charge in [-0.15, -0.1) is 0 Å². The van der Waals surface area contributed by atoms with Crippen LogP contribution in [0.1, 0.15) is 37.3 Å². The van der Waals surface area contributed by atoms with E-state index in [1.807, 2.05) is 6.07 Å². The van der Waals surface area contributed by atoms with E-state index in [9.17, 15) is 0 Å².